The van der Waals surface area contributed by atoms with Gasteiger partial charge in [-0.2, -0.15) is 4.31 Å². The molecule has 0 aromatic rings. The Hall–Kier alpha value is -0.310. The molecule has 1 spiro atoms. The largest absolute Gasteiger partial charge is 0.367 e. The molecule has 0 unspecified atom stereocenters. The molecule has 1 amide bonds. The van der Waals surface area contributed by atoms with Gasteiger partial charge in [-0.15, -0.1) is 11.8 Å². The molecule has 1 atom stereocenters. The highest BCUT2D eigenvalue weighted by atomic mass is 32.2. The van der Waals surface area contributed by atoms with Crippen LogP contribution >= 0.6 is 11.8 Å². The molecule has 0 saturated carbocycles. The average Bonchev–Trinajstić information content (AvgIpc) is 2.78. The Labute approximate surface area is 124 Å². The lowest BCUT2D eigenvalue weighted by Gasteiger charge is -2.46. The van der Waals surface area contributed by atoms with Gasteiger partial charge in [0.05, 0.1) is 11.9 Å². The smallest absolute Gasteiger partial charge is 0.248 e. The van der Waals surface area contributed by atoms with Gasteiger partial charge in [0.2, 0.25) is 15.9 Å². The summed E-state index contributed by atoms with van der Waals surface area (Å²) in [5.41, 5.74) is 0. The molecule has 0 N–H and O–H groups in total. The normalized spacial score (nSPS) is 25.6. The van der Waals surface area contributed by atoms with Crippen molar-refractivity contribution in [3.63, 3.8) is 0 Å². The van der Waals surface area contributed by atoms with Crippen LogP contribution in [-0.2, 0) is 19.6 Å². The number of amides is 1. The number of likely N-dealkylation sites (N-methyl/N-ethyl adjacent to an activating group) is 1. The average molecular weight is 322 g/mol. The third kappa shape index (κ3) is 3.29. The van der Waals surface area contributed by atoms with Crippen molar-refractivity contribution in [1.29, 1.82) is 0 Å². The van der Waals surface area contributed by atoms with Crippen LogP contribution in [0.5, 0.6) is 0 Å². The van der Waals surface area contributed by atoms with E-state index in [0.717, 1.165) is 12.2 Å². The molecule has 20 heavy (non-hydrogen) atoms. The summed E-state index contributed by atoms with van der Waals surface area (Å²) in [5.74, 6) is 0.950. The molecule has 2 heterocycles. The minimum absolute atomic E-state index is 0.00801. The lowest BCUT2D eigenvalue weighted by atomic mass is 9.95. The Morgan fingerprint density at radius 1 is 1.45 bits per heavy atom. The van der Waals surface area contributed by atoms with E-state index in [0.29, 0.717) is 13.1 Å². The van der Waals surface area contributed by atoms with Crippen LogP contribution in [0.15, 0.2) is 0 Å². The summed E-state index contributed by atoms with van der Waals surface area (Å²) >= 11 is 1.77. The van der Waals surface area contributed by atoms with E-state index in [9.17, 15) is 13.2 Å². The van der Waals surface area contributed by atoms with Crippen molar-refractivity contribution in [3.05, 3.63) is 0 Å². The third-order valence-electron chi connectivity index (χ3n) is 3.80. The van der Waals surface area contributed by atoms with Gasteiger partial charge in [-0.25, -0.2) is 8.42 Å². The van der Waals surface area contributed by atoms with Crippen LogP contribution in [0.25, 0.3) is 0 Å². The maximum Gasteiger partial charge on any atom is 0.248 e. The van der Waals surface area contributed by atoms with Crippen molar-refractivity contribution in [3.8, 4) is 0 Å². The van der Waals surface area contributed by atoms with Gasteiger partial charge < -0.3 is 9.64 Å². The van der Waals surface area contributed by atoms with Crippen molar-refractivity contribution in [2.24, 2.45) is 0 Å². The van der Waals surface area contributed by atoms with Crippen LogP contribution in [-0.4, -0.2) is 79.7 Å². The van der Waals surface area contributed by atoms with Crippen molar-refractivity contribution >= 4 is 27.7 Å². The summed E-state index contributed by atoms with van der Waals surface area (Å²) in [6.45, 7) is 2.93. The molecule has 0 aromatic heterocycles. The van der Waals surface area contributed by atoms with Crippen LogP contribution in [0.1, 0.15) is 13.3 Å². The molecule has 116 valence electrons. The number of carbonyl (C=O) groups is 1. The molecule has 0 radical (unpaired) electrons. The standard InChI is InChI=1S/C12H22N2O4S2/c1-4-20(16,17)14-8-12(9-14)5-10(7-19-12)18-6-11(15)13(2)3/h10H,4-9H2,1-3H3/t10-/m0/s1. The lowest BCUT2D eigenvalue weighted by Crippen LogP contribution is -2.60. The molecule has 0 aromatic carbocycles. The van der Waals surface area contributed by atoms with Gasteiger partial charge in [-0.05, 0) is 13.3 Å². The third-order valence-corrected chi connectivity index (χ3v) is 7.15. The van der Waals surface area contributed by atoms with Crippen LogP contribution in [0.3, 0.4) is 0 Å². The predicted octanol–water partition coefficient (Wildman–Crippen LogP) is 0.000800. The summed E-state index contributed by atoms with van der Waals surface area (Å²) < 4.78 is 30.6. The zero-order chi connectivity index (χ0) is 15.0. The van der Waals surface area contributed by atoms with Crippen LogP contribution in [0.4, 0.5) is 0 Å². The second-order valence-corrected chi connectivity index (χ2v) is 9.33. The number of rotatable bonds is 5. The van der Waals surface area contributed by atoms with Crippen LogP contribution in [0.2, 0.25) is 0 Å². The zero-order valence-corrected chi connectivity index (χ0v) is 13.8. The Morgan fingerprint density at radius 3 is 2.65 bits per heavy atom. The first-order valence-corrected chi connectivity index (χ1v) is 9.31. The summed E-state index contributed by atoms with van der Waals surface area (Å²) in [6, 6.07) is 0. The summed E-state index contributed by atoms with van der Waals surface area (Å²) in [6.07, 6.45) is 0.879. The number of carbonyl (C=O) groups excluding carboxylic acids is 1. The lowest BCUT2D eigenvalue weighted by molar-refractivity contribution is -0.135. The monoisotopic (exact) mass is 322 g/mol. The summed E-state index contributed by atoms with van der Waals surface area (Å²) in [5, 5.41) is 0. The number of hydrogen-bond donors (Lipinski definition) is 0. The number of sulfonamides is 1. The van der Waals surface area contributed by atoms with Gasteiger partial charge in [0.25, 0.3) is 0 Å². The Bertz CT molecular complexity index is 472. The van der Waals surface area contributed by atoms with Crippen LogP contribution < -0.4 is 0 Å². The fourth-order valence-electron chi connectivity index (χ4n) is 2.42. The van der Waals surface area contributed by atoms with Gasteiger partial charge in [0.15, 0.2) is 0 Å². The van der Waals surface area contributed by atoms with Gasteiger partial charge in [0.1, 0.15) is 6.61 Å². The highest BCUT2D eigenvalue weighted by Gasteiger charge is 2.52. The molecule has 0 aliphatic carbocycles. The number of hydrogen-bond acceptors (Lipinski definition) is 5. The fraction of sp³-hybridized carbons (Fsp3) is 0.917. The van der Waals surface area contributed by atoms with Crippen molar-refractivity contribution in [2.45, 2.75) is 24.2 Å². The summed E-state index contributed by atoms with van der Waals surface area (Å²) in [4.78, 5) is 13.0. The first-order valence-electron chi connectivity index (χ1n) is 6.71. The van der Waals surface area contributed by atoms with Crippen molar-refractivity contribution in [2.75, 3.05) is 45.3 Å². The SMILES string of the molecule is CCS(=O)(=O)N1CC2(C[C@H](OCC(=O)N(C)C)CS2)C1. The van der Waals surface area contributed by atoms with E-state index in [2.05, 4.69) is 0 Å². The van der Waals surface area contributed by atoms with E-state index < -0.39 is 10.0 Å². The minimum atomic E-state index is -3.06. The highest BCUT2D eigenvalue weighted by molar-refractivity contribution is 8.01. The second kappa shape index (κ2) is 5.82. The number of ether oxygens (including phenoxy) is 1. The molecule has 2 fully saturated rings. The molecule has 8 heteroatoms. The fourth-order valence-corrected chi connectivity index (χ4v) is 5.39. The quantitative estimate of drug-likeness (QED) is 0.713. The molecular weight excluding hydrogens is 300 g/mol. The Morgan fingerprint density at radius 2 is 2.10 bits per heavy atom. The molecule has 2 aliphatic rings. The highest BCUT2D eigenvalue weighted by Crippen LogP contribution is 2.46. The van der Waals surface area contributed by atoms with Crippen molar-refractivity contribution < 1.29 is 17.9 Å². The molecule has 2 rings (SSSR count). The van der Waals surface area contributed by atoms with Crippen molar-refractivity contribution in [1.82, 2.24) is 9.21 Å². The minimum Gasteiger partial charge on any atom is -0.367 e. The maximum atomic E-state index is 11.7. The maximum absolute atomic E-state index is 11.7. The van der Waals surface area contributed by atoms with E-state index in [1.165, 1.54) is 4.90 Å². The summed E-state index contributed by atoms with van der Waals surface area (Å²) in [7, 11) is 0.348. The Kier molecular flexibility index (Phi) is 4.68. The van der Waals surface area contributed by atoms with E-state index in [4.69, 9.17) is 4.74 Å². The molecular formula is C12H22N2O4S2. The molecule has 6 nitrogen and oxygen atoms in total. The first-order chi connectivity index (χ1) is 9.28. The van der Waals surface area contributed by atoms with E-state index >= 15 is 0 Å². The number of nitrogens with zero attached hydrogens (tertiary/aromatic N) is 2. The van der Waals surface area contributed by atoms with Gasteiger partial charge in [-0.1, -0.05) is 0 Å². The second-order valence-electron chi connectivity index (χ2n) is 5.59. The van der Waals surface area contributed by atoms with E-state index in [1.807, 2.05) is 0 Å². The molecule has 0 bridgehead atoms. The van der Waals surface area contributed by atoms with Gasteiger partial charge >= 0.3 is 0 Å². The predicted molar refractivity (Wildman–Crippen MR) is 79.3 cm³/mol. The first kappa shape index (κ1) is 16.1. The molecule has 2 saturated heterocycles. The Balaban J connectivity index is 1.79. The van der Waals surface area contributed by atoms with Gasteiger partial charge in [0, 0.05) is 37.7 Å². The zero-order valence-electron chi connectivity index (χ0n) is 12.2. The molecule has 2 aliphatic heterocycles. The van der Waals surface area contributed by atoms with Gasteiger partial charge in [-0.3, -0.25) is 4.79 Å². The van der Waals surface area contributed by atoms with E-state index in [-0.39, 0.29) is 29.1 Å². The number of thioether (sulfide) groups is 1. The topological polar surface area (TPSA) is 66.9 Å². The van der Waals surface area contributed by atoms with Crippen LogP contribution in [0, 0.1) is 0 Å². The van der Waals surface area contributed by atoms with E-state index in [1.54, 1.807) is 37.1 Å².